The van der Waals surface area contributed by atoms with Crippen LogP contribution in [0.15, 0.2) is 12.4 Å². The molecule has 0 spiro atoms. The highest BCUT2D eigenvalue weighted by atomic mass is 16.3. The summed E-state index contributed by atoms with van der Waals surface area (Å²) in [5.41, 5.74) is 1.94. The Bertz CT molecular complexity index is 201. The molecule has 0 fully saturated rings. The Morgan fingerprint density at radius 2 is 1.54 bits per heavy atom. The van der Waals surface area contributed by atoms with Crippen molar-refractivity contribution in [3.05, 3.63) is 23.8 Å². The lowest BCUT2D eigenvalue weighted by molar-refractivity contribution is 0.110. The minimum Gasteiger partial charge on any atom is -0.394 e. The first-order valence-corrected chi connectivity index (χ1v) is 4.10. The van der Waals surface area contributed by atoms with Crippen molar-refractivity contribution >= 4 is 0 Å². The summed E-state index contributed by atoms with van der Waals surface area (Å²) in [6, 6.07) is 0. The van der Waals surface area contributed by atoms with Crippen LogP contribution in [0.5, 0.6) is 0 Å². The molecule has 1 atom stereocenters. The topological polar surface area (TPSA) is 66.2 Å². The smallest absolute Gasteiger partial charge is 0.0742 e. The minimum absolute atomic E-state index is 0.139. The second-order valence-electron chi connectivity index (χ2n) is 2.83. The summed E-state index contributed by atoms with van der Waals surface area (Å²) in [7, 11) is 0. The van der Waals surface area contributed by atoms with Crippen molar-refractivity contribution in [1.82, 2.24) is 9.97 Å². The van der Waals surface area contributed by atoms with E-state index in [0.717, 1.165) is 11.4 Å². The van der Waals surface area contributed by atoms with Gasteiger partial charge in [0.15, 0.2) is 0 Å². The SMILES string of the molecule is CC(O)CO.Cc1cnc(C)cn1. The predicted molar refractivity (Wildman–Crippen MR) is 50.3 cm³/mol. The molecule has 4 heteroatoms. The maximum absolute atomic E-state index is 8.11. The molecule has 0 aromatic carbocycles. The predicted octanol–water partition coefficient (Wildman–Crippen LogP) is 0.453. The number of hydrogen-bond acceptors (Lipinski definition) is 4. The van der Waals surface area contributed by atoms with Crippen molar-refractivity contribution in [2.45, 2.75) is 26.9 Å². The molecule has 1 unspecified atom stereocenters. The van der Waals surface area contributed by atoms with Crippen LogP contribution >= 0.6 is 0 Å². The van der Waals surface area contributed by atoms with E-state index in [0.29, 0.717) is 0 Å². The molecule has 0 saturated heterocycles. The van der Waals surface area contributed by atoms with Crippen LogP contribution in [-0.2, 0) is 0 Å². The average Bonchev–Trinajstić information content (AvgIpc) is 2.11. The van der Waals surface area contributed by atoms with Crippen molar-refractivity contribution in [3.8, 4) is 0 Å². The molecule has 13 heavy (non-hydrogen) atoms. The van der Waals surface area contributed by atoms with E-state index in [4.69, 9.17) is 10.2 Å². The van der Waals surface area contributed by atoms with Crippen molar-refractivity contribution in [2.75, 3.05) is 6.61 Å². The molecule has 0 radical (unpaired) electrons. The van der Waals surface area contributed by atoms with Crippen molar-refractivity contribution in [2.24, 2.45) is 0 Å². The monoisotopic (exact) mass is 184 g/mol. The van der Waals surface area contributed by atoms with Crippen LogP contribution in [0.3, 0.4) is 0 Å². The minimum atomic E-state index is -0.560. The molecule has 0 aliphatic rings. The molecule has 0 bridgehead atoms. The first-order chi connectivity index (χ1) is 6.06. The van der Waals surface area contributed by atoms with Crippen LogP contribution < -0.4 is 0 Å². The fourth-order valence-corrected chi connectivity index (χ4v) is 0.457. The van der Waals surface area contributed by atoms with Crippen LogP contribution in [0.4, 0.5) is 0 Å². The van der Waals surface area contributed by atoms with E-state index in [9.17, 15) is 0 Å². The van der Waals surface area contributed by atoms with Gasteiger partial charge < -0.3 is 10.2 Å². The summed E-state index contributed by atoms with van der Waals surface area (Å²) in [6.07, 6.45) is 2.96. The van der Waals surface area contributed by atoms with Gasteiger partial charge in [-0.15, -0.1) is 0 Å². The molecular weight excluding hydrogens is 168 g/mol. The summed E-state index contributed by atoms with van der Waals surface area (Å²) in [5, 5.41) is 16.0. The second kappa shape index (κ2) is 6.51. The number of aliphatic hydroxyl groups is 2. The summed E-state index contributed by atoms with van der Waals surface area (Å²) >= 11 is 0. The van der Waals surface area contributed by atoms with Gasteiger partial charge in [0.25, 0.3) is 0 Å². The van der Waals surface area contributed by atoms with Gasteiger partial charge in [0, 0.05) is 12.4 Å². The fraction of sp³-hybridized carbons (Fsp3) is 0.556. The average molecular weight is 184 g/mol. The Balaban J connectivity index is 0.000000252. The van der Waals surface area contributed by atoms with E-state index >= 15 is 0 Å². The van der Waals surface area contributed by atoms with Gasteiger partial charge in [-0.2, -0.15) is 0 Å². The Morgan fingerprint density at radius 1 is 1.23 bits per heavy atom. The molecule has 0 saturated carbocycles. The highest BCUT2D eigenvalue weighted by Crippen LogP contribution is 1.88. The van der Waals surface area contributed by atoms with Crippen LogP contribution in [-0.4, -0.2) is 32.9 Å². The highest BCUT2D eigenvalue weighted by molar-refractivity contribution is 4.97. The third-order valence-corrected chi connectivity index (χ3v) is 1.17. The maximum Gasteiger partial charge on any atom is 0.0742 e. The molecule has 1 aromatic rings. The fourth-order valence-electron chi connectivity index (χ4n) is 0.457. The molecule has 0 amide bonds. The van der Waals surface area contributed by atoms with Crippen molar-refractivity contribution < 1.29 is 10.2 Å². The van der Waals surface area contributed by atoms with Gasteiger partial charge in [0.05, 0.1) is 24.1 Å². The van der Waals surface area contributed by atoms with Crippen molar-refractivity contribution in [3.63, 3.8) is 0 Å². The van der Waals surface area contributed by atoms with Gasteiger partial charge in [-0.3, -0.25) is 9.97 Å². The third-order valence-electron chi connectivity index (χ3n) is 1.17. The van der Waals surface area contributed by atoms with Gasteiger partial charge in [-0.05, 0) is 20.8 Å². The zero-order chi connectivity index (χ0) is 10.3. The van der Waals surface area contributed by atoms with Crippen LogP contribution in [0.2, 0.25) is 0 Å². The van der Waals surface area contributed by atoms with Gasteiger partial charge in [-0.1, -0.05) is 0 Å². The molecule has 1 heterocycles. The number of nitrogens with zero attached hydrogens (tertiary/aromatic N) is 2. The van der Waals surface area contributed by atoms with Gasteiger partial charge in [0.1, 0.15) is 0 Å². The van der Waals surface area contributed by atoms with Gasteiger partial charge >= 0.3 is 0 Å². The Morgan fingerprint density at radius 3 is 1.69 bits per heavy atom. The number of aryl methyl sites for hydroxylation is 2. The number of aromatic nitrogens is 2. The van der Waals surface area contributed by atoms with Crippen molar-refractivity contribution in [1.29, 1.82) is 0 Å². The molecule has 74 valence electrons. The largest absolute Gasteiger partial charge is 0.394 e. The molecule has 4 nitrogen and oxygen atoms in total. The number of aliphatic hydroxyl groups excluding tert-OH is 2. The summed E-state index contributed by atoms with van der Waals surface area (Å²) < 4.78 is 0. The van der Waals surface area contributed by atoms with E-state index in [1.54, 1.807) is 12.4 Å². The highest BCUT2D eigenvalue weighted by Gasteiger charge is 1.83. The first kappa shape index (κ1) is 12.0. The normalized spacial score (nSPS) is 11.5. The van der Waals surface area contributed by atoms with E-state index in [1.807, 2.05) is 13.8 Å². The number of rotatable bonds is 1. The number of hydrogen-bond donors (Lipinski definition) is 2. The lowest BCUT2D eigenvalue weighted by Crippen LogP contribution is -2.03. The molecule has 1 rings (SSSR count). The van der Waals surface area contributed by atoms with Gasteiger partial charge in [-0.25, -0.2) is 0 Å². The van der Waals surface area contributed by atoms with E-state index in [1.165, 1.54) is 6.92 Å². The summed E-state index contributed by atoms with van der Waals surface area (Å²) in [6.45, 7) is 5.24. The molecule has 1 aromatic heterocycles. The Kier molecular flexibility index (Phi) is 6.01. The first-order valence-electron chi connectivity index (χ1n) is 4.10. The van der Waals surface area contributed by atoms with Crippen LogP contribution in [0.25, 0.3) is 0 Å². The molecule has 0 aliphatic carbocycles. The van der Waals surface area contributed by atoms with Crippen LogP contribution in [0.1, 0.15) is 18.3 Å². The van der Waals surface area contributed by atoms with E-state index in [-0.39, 0.29) is 6.61 Å². The molecular formula is C9H16N2O2. The zero-order valence-electron chi connectivity index (χ0n) is 8.23. The van der Waals surface area contributed by atoms with E-state index < -0.39 is 6.10 Å². The van der Waals surface area contributed by atoms with E-state index in [2.05, 4.69) is 9.97 Å². The lowest BCUT2D eigenvalue weighted by Gasteiger charge is -1.90. The molecule has 2 N–H and O–H groups in total. The Labute approximate surface area is 78.3 Å². The zero-order valence-corrected chi connectivity index (χ0v) is 8.23. The van der Waals surface area contributed by atoms with Crippen LogP contribution in [0, 0.1) is 13.8 Å². The third kappa shape index (κ3) is 7.36. The Hall–Kier alpha value is -1.00. The standard InChI is InChI=1S/C6H8N2.C3H8O2/c1-5-3-8-6(2)4-7-5;1-3(5)2-4/h3-4H,1-2H3;3-5H,2H2,1H3. The molecule has 0 aliphatic heterocycles. The maximum atomic E-state index is 8.11. The summed E-state index contributed by atoms with van der Waals surface area (Å²) in [5.74, 6) is 0. The van der Waals surface area contributed by atoms with Gasteiger partial charge in [0.2, 0.25) is 0 Å². The quantitative estimate of drug-likeness (QED) is 0.665. The summed E-state index contributed by atoms with van der Waals surface area (Å²) in [4.78, 5) is 8.03. The lowest BCUT2D eigenvalue weighted by atomic mass is 10.5. The second-order valence-corrected chi connectivity index (χ2v) is 2.83.